The summed E-state index contributed by atoms with van der Waals surface area (Å²) in [7, 11) is 0. The Hall–Kier alpha value is -1.10. The summed E-state index contributed by atoms with van der Waals surface area (Å²) in [4.78, 5) is 24.6. The third kappa shape index (κ3) is 61.4. The molecular formula is C67H132O5. The van der Waals surface area contributed by atoms with E-state index in [1.165, 1.54) is 340 Å². The molecule has 0 radical (unpaired) electrons. The van der Waals surface area contributed by atoms with Gasteiger partial charge in [-0.05, 0) is 12.8 Å². The normalized spacial score (nSPS) is 12.0. The minimum Gasteiger partial charge on any atom is -0.462 e. The lowest BCUT2D eigenvalue weighted by Crippen LogP contribution is -2.28. The Morgan fingerprint density at radius 2 is 0.431 bits per heavy atom. The molecule has 5 heteroatoms. The second-order valence-corrected chi connectivity index (χ2v) is 23.3. The van der Waals surface area contributed by atoms with Gasteiger partial charge < -0.3 is 14.6 Å². The third-order valence-corrected chi connectivity index (χ3v) is 15.9. The predicted molar refractivity (Wildman–Crippen MR) is 316 cm³/mol. The Morgan fingerprint density at radius 3 is 0.611 bits per heavy atom. The molecule has 0 aromatic rings. The van der Waals surface area contributed by atoms with Crippen LogP contribution in [0.3, 0.4) is 0 Å². The van der Waals surface area contributed by atoms with Crippen LogP contribution >= 0.6 is 0 Å². The van der Waals surface area contributed by atoms with Gasteiger partial charge in [0.15, 0.2) is 6.10 Å². The van der Waals surface area contributed by atoms with Gasteiger partial charge in [-0.25, -0.2) is 0 Å². The number of carbonyl (C=O) groups is 2. The van der Waals surface area contributed by atoms with Gasteiger partial charge in [-0.15, -0.1) is 0 Å². The van der Waals surface area contributed by atoms with Crippen LogP contribution in [-0.4, -0.2) is 36.4 Å². The molecule has 0 aromatic heterocycles. The zero-order chi connectivity index (χ0) is 52.0. The number of hydrogen-bond acceptors (Lipinski definition) is 5. The van der Waals surface area contributed by atoms with E-state index in [1.54, 1.807) is 0 Å². The Morgan fingerprint density at radius 1 is 0.264 bits per heavy atom. The molecule has 0 aliphatic rings. The Labute approximate surface area is 452 Å². The number of esters is 2. The van der Waals surface area contributed by atoms with Crippen molar-refractivity contribution < 1.29 is 24.2 Å². The summed E-state index contributed by atoms with van der Waals surface area (Å²) in [6.07, 6.45) is 80.0. The van der Waals surface area contributed by atoms with E-state index in [0.29, 0.717) is 12.8 Å². The molecule has 0 bridgehead atoms. The van der Waals surface area contributed by atoms with E-state index in [2.05, 4.69) is 13.8 Å². The number of aliphatic hydroxyl groups excluding tert-OH is 1. The predicted octanol–water partition coefficient (Wildman–Crippen LogP) is 22.9. The SMILES string of the molecule is CCCCCCCCCCCCCCCCCCCCCCCCCCCCCCCCCCCCCCCCCC(=O)OC(CO)COC(=O)CCCCCCCCCCCCCCCCCCCCC. The largest absolute Gasteiger partial charge is 0.462 e. The highest BCUT2D eigenvalue weighted by Gasteiger charge is 2.16. The lowest BCUT2D eigenvalue weighted by molar-refractivity contribution is -0.161. The fourth-order valence-corrected chi connectivity index (χ4v) is 10.9. The maximum absolute atomic E-state index is 12.3. The Bertz CT molecular complexity index is 1010. The number of aliphatic hydroxyl groups is 1. The van der Waals surface area contributed by atoms with Crippen molar-refractivity contribution in [2.45, 2.75) is 405 Å². The van der Waals surface area contributed by atoms with Crippen LogP contribution < -0.4 is 0 Å². The van der Waals surface area contributed by atoms with E-state index in [4.69, 9.17) is 9.47 Å². The average Bonchev–Trinajstić information content (AvgIpc) is 3.38. The summed E-state index contributed by atoms with van der Waals surface area (Å²) < 4.78 is 10.7. The minimum absolute atomic E-state index is 0.0556. The maximum Gasteiger partial charge on any atom is 0.306 e. The Balaban J connectivity index is 3.32. The highest BCUT2D eigenvalue weighted by atomic mass is 16.6. The number of unbranched alkanes of at least 4 members (excludes halogenated alkanes) is 56. The van der Waals surface area contributed by atoms with Crippen LogP contribution in [0.1, 0.15) is 399 Å². The molecule has 430 valence electrons. The third-order valence-electron chi connectivity index (χ3n) is 15.9. The molecule has 5 nitrogen and oxygen atoms in total. The lowest BCUT2D eigenvalue weighted by atomic mass is 10.0. The summed E-state index contributed by atoms with van der Waals surface area (Å²) in [5.41, 5.74) is 0. The fourth-order valence-electron chi connectivity index (χ4n) is 10.9. The van der Waals surface area contributed by atoms with Crippen molar-refractivity contribution in [3.05, 3.63) is 0 Å². The quantitative estimate of drug-likeness (QED) is 0.0485. The molecule has 0 aliphatic heterocycles. The van der Waals surface area contributed by atoms with Crippen molar-refractivity contribution in [2.24, 2.45) is 0 Å². The molecule has 0 rings (SSSR count). The van der Waals surface area contributed by atoms with E-state index in [0.717, 1.165) is 32.1 Å². The van der Waals surface area contributed by atoms with Crippen LogP contribution in [-0.2, 0) is 19.1 Å². The second-order valence-electron chi connectivity index (χ2n) is 23.3. The van der Waals surface area contributed by atoms with Crippen molar-refractivity contribution in [3.63, 3.8) is 0 Å². The number of carbonyl (C=O) groups excluding carboxylic acids is 2. The highest BCUT2D eigenvalue weighted by molar-refractivity contribution is 5.70. The smallest absolute Gasteiger partial charge is 0.306 e. The van der Waals surface area contributed by atoms with E-state index < -0.39 is 6.10 Å². The summed E-state index contributed by atoms with van der Waals surface area (Å²) in [6.45, 7) is 4.22. The van der Waals surface area contributed by atoms with Crippen LogP contribution in [0, 0.1) is 0 Å². The van der Waals surface area contributed by atoms with E-state index in [-0.39, 0.29) is 25.2 Å². The highest BCUT2D eigenvalue weighted by Crippen LogP contribution is 2.20. The van der Waals surface area contributed by atoms with Crippen molar-refractivity contribution in [3.8, 4) is 0 Å². The first kappa shape index (κ1) is 70.9. The molecule has 0 amide bonds. The zero-order valence-electron chi connectivity index (χ0n) is 49.5. The molecular weight excluding hydrogens is 885 g/mol. The summed E-state index contributed by atoms with van der Waals surface area (Å²) in [5, 5.41) is 9.67. The molecule has 0 saturated heterocycles. The number of ether oxygens (including phenoxy) is 2. The van der Waals surface area contributed by atoms with Gasteiger partial charge >= 0.3 is 11.9 Å². The van der Waals surface area contributed by atoms with Crippen molar-refractivity contribution in [1.29, 1.82) is 0 Å². The summed E-state index contributed by atoms with van der Waals surface area (Å²) >= 11 is 0. The second kappa shape index (κ2) is 64.2. The van der Waals surface area contributed by atoms with Crippen LogP contribution in [0.4, 0.5) is 0 Å². The van der Waals surface area contributed by atoms with E-state index >= 15 is 0 Å². The topological polar surface area (TPSA) is 72.8 Å². The number of rotatable bonds is 64. The summed E-state index contributed by atoms with van der Waals surface area (Å²) in [5.74, 6) is -0.561. The standard InChI is InChI=1S/C67H132O5/c1-3-5-7-9-11-13-15-17-19-21-23-24-25-26-27-28-29-30-31-32-33-34-35-36-37-38-39-40-41-42-44-46-48-50-52-54-56-58-60-62-67(70)72-65(63-68)64-71-66(69)61-59-57-55-53-51-49-47-45-43-22-20-18-16-14-12-10-8-6-4-2/h65,68H,3-64H2,1-2H3. The lowest BCUT2D eigenvalue weighted by Gasteiger charge is -2.15. The summed E-state index contributed by atoms with van der Waals surface area (Å²) in [6, 6.07) is 0. The molecule has 0 heterocycles. The first-order chi connectivity index (χ1) is 35.6. The minimum atomic E-state index is -0.765. The number of hydrogen-bond donors (Lipinski definition) is 1. The van der Waals surface area contributed by atoms with Crippen molar-refractivity contribution in [2.75, 3.05) is 13.2 Å². The first-order valence-corrected chi connectivity index (χ1v) is 33.6. The van der Waals surface area contributed by atoms with Crippen LogP contribution in [0.15, 0.2) is 0 Å². The molecule has 1 atom stereocenters. The van der Waals surface area contributed by atoms with Gasteiger partial charge in [0, 0.05) is 12.8 Å². The molecule has 0 saturated carbocycles. The zero-order valence-corrected chi connectivity index (χ0v) is 49.5. The van der Waals surface area contributed by atoms with Gasteiger partial charge in [-0.2, -0.15) is 0 Å². The van der Waals surface area contributed by atoms with Gasteiger partial charge in [-0.3, -0.25) is 9.59 Å². The molecule has 0 aliphatic carbocycles. The van der Waals surface area contributed by atoms with E-state index in [9.17, 15) is 14.7 Å². The van der Waals surface area contributed by atoms with Gasteiger partial charge in [0.1, 0.15) is 6.61 Å². The van der Waals surface area contributed by atoms with Gasteiger partial charge in [0.2, 0.25) is 0 Å². The van der Waals surface area contributed by atoms with Gasteiger partial charge in [0.05, 0.1) is 6.61 Å². The van der Waals surface area contributed by atoms with Crippen molar-refractivity contribution in [1.82, 2.24) is 0 Å². The first-order valence-electron chi connectivity index (χ1n) is 33.6. The van der Waals surface area contributed by atoms with E-state index in [1.807, 2.05) is 0 Å². The molecule has 72 heavy (non-hydrogen) atoms. The maximum atomic E-state index is 12.3. The van der Waals surface area contributed by atoms with Crippen LogP contribution in [0.25, 0.3) is 0 Å². The average molecular weight is 1020 g/mol. The fraction of sp³-hybridized carbons (Fsp3) is 0.970. The Kier molecular flexibility index (Phi) is 63.2. The molecule has 0 spiro atoms. The molecule has 0 aromatic carbocycles. The molecule has 1 N–H and O–H groups in total. The van der Waals surface area contributed by atoms with Gasteiger partial charge in [-0.1, -0.05) is 373 Å². The van der Waals surface area contributed by atoms with Gasteiger partial charge in [0.25, 0.3) is 0 Å². The molecule has 1 unspecified atom stereocenters. The monoisotopic (exact) mass is 1020 g/mol. The van der Waals surface area contributed by atoms with Crippen LogP contribution in [0.5, 0.6) is 0 Å². The molecule has 0 fully saturated rings. The van der Waals surface area contributed by atoms with Crippen molar-refractivity contribution >= 4 is 11.9 Å². The van der Waals surface area contributed by atoms with Crippen LogP contribution in [0.2, 0.25) is 0 Å².